The highest BCUT2D eigenvalue weighted by Crippen LogP contribution is 1.60. The van der Waals surface area contributed by atoms with Gasteiger partial charge in [0.25, 0.3) is 0 Å². The third-order valence-electron chi connectivity index (χ3n) is 0.523. The van der Waals surface area contributed by atoms with Gasteiger partial charge < -0.3 is 14.2 Å². The summed E-state index contributed by atoms with van der Waals surface area (Å²) in [4.78, 5) is 9.59. The van der Waals surface area contributed by atoms with Gasteiger partial charge in [-0.1, -0.05) is 0 Å². The molecule has 0 atom stereocenters. The van der Waals surface area contributed by atoms with E-state index in [0.717, 1.165) is 0 Å². The average Bonchev–Trinajstić information content (AvgIpc) is 1.91. The molecule has 0 aliphatic carbocycles. The summed E-state index contributed by atoms with van der Waals surface area (Å²) in [6, 6.07) is 0. The standard InChI is InChI=1S/C3H8O2.C3H6O2/c1-4-3-5-2;1-3(4)5-2/h3H2,1-2H3;1-2H3. The lowest BCUT2D eigenvalue weighted by atomic mass is 10.8. The predicted molar refractivity (Wildman–Crippen MR) is 36.6 cm³/mol. The molecule has 0 fully saturated rings. The number of hydrogen-bond acceptors (Lipinski definition) is 4. The molecular formula is C6H14O4. The first-order chi connectivity index (χ1) is 4.68. The van der Waals surface area contributed by atoms with Crippen LogP contribution in [-0.4, -0.2) is 34.1 Å². The Morgan fingerprint density at radius 1 is 1.20 bits per heavy atom. The minimum Gasteiger partial charge on any atom is -0.469 e. The Kier molecular flexibility index (Phi) is 13.6. The molecule has 0 aliphatic rings. The van der Waals surface area contributed by atoms with E-state index in [2.05, 4.69) is 14.2 Å². The zero-order valence-electron chi connectivity index (χ0n) is 6.84. The Morgan fingerprint density at radius 3 is 1.50 bits per heavy atom. The fourth-order valence-corrected chi connectivity index (χ4v) is 0.118. The number of carbonyl (C=O) groups excluding carboxylic acids is 1. The van der Waals surface area contributed by atoms with E-state index in [4.69, 9.17) is 0 Å². The highest BCUT2D eigenvalue weighted by molar-refractivity contribution is 5.65. The van der Waals surface area contributed by atoms with Crippen LogP contribution >= 0.6 is 0 Å². The first kappa shape index (κ1) is 12.1. The fraction of sp³-hybridized carbons (Fsp3) is 0.833. The molecule has 0 rings (SSSR count). The Morgan fingerprint density at radius 2 is 1.50 bits per heavy atom. The second kappa shape index (κ2) is 11.2. The SMILES string of the molecule is COC(C)=O.COCOC. The van der Waals surface area contributed by atoms with Crippen molar-refractivity contribution in [1.82, 2.24) is 0 Å². The molecule has 0 N–H and O–H groups in total. The molecule has 4 heteroatoms. The highest BCUT2D eigenvalue weighted by Gasteiger charge is 1.75. The molecule has 0 aliphatic heterocycles. The first-order valence-corrected chi connectivity index (χ1v) is 2.71. The molecule has 0 heterocycles. The number of ether oxygens (including phenoxy) is 3. The van der Waals surface area contributed by atoms with Crippen molar-refractivity contribution < 1.29 is 19.0 Å². The van der Waals surface area contributed by atoms with Gasteiger partial charge in [-0.15, -0.1) is 0 Å². The lowest BCUT2D eigenvalue weighted by Gasteiger charge is -1.87. The quantitative estimate of drug-likeness (QED) is 0.422. The van der Waals surface area contributed by atoms with Crippen LogP contribution in [0.15, 0.2) is 0 Å². The van der Waals surface area contributed by atoms with Crippen LogP contribution in [0.25, 0.3) is 0 Å². The van der Waals surface area contributed by atoms with Crippen LogP contribution in [0.1, 0.15) is 6.92 Å². The fourth-order valence-electron chi connectivity index (χ4n) is 0.118. The van der Waals surface area contributed by atoms with Crippen molar-refractivity contribution in [1.29, 1.82) is 0 Å². The summed E-state index contributed by atoms with van der Waals surface area (Å²) in [6.45, 7) is 1.75. The lowest BCUT2D eigenvalue weighted by molar-refractivity contribution is -0.137. The third kappa shape index (κ3) is 26.3. The van der Waals surface area contributed by atoms with Crippen molar-refractivity contribution >= 4 is 5.97 Å². The van der Waals surface area contributed by atoms with Gasteiger partial charge in [0.1, 0.15) is 6.79 Å². The molecule has 0 aromatic carbocycles. The second-order valence-electron chi connectivity index (χ2n) is 1.39. The molecular weight excluding hydrogens is 136 g/mol. The minimum absolute atomic E-state index is 0.245. The van der Waals surface area contributed by atoms with Gasteiger partial charge in [0.15, 0.2) is 0 Å². The Bertz CT molecular complexity index is 70.1. The first-order valence-electron chi connectivity index (χ1n) is 2.71. The van der Waals surface area contributed by atoms with Crippen molar-refractivity contribution in [2.45, 2.75) is 6.92 Å². The highest BCUT2D eigenvalue weighted by atomic mass is 16.6. The van der Waals surface area contributed by atoms with Gasteiger partial charge in [-0.05, 0) is 0 Å². The molecule has 10 heavy (non-hydrogen) atoms. The van der Waals surface area contributed by atoms with Crippen molar-refractivity contribution in [2.24, 2.45) is 0 Å². The molecule has 0 aromatic rings. The van der Waals surface area contributed by atoms with Crippen molar-refractivity contribution in [3.8, 4) is 0 Å². The Hall–Kier alpha value is -0.610. The van der Waals surface area contributed by atoms with Crippen LogP contribution in [-0.2, 0) is 19.0 Å². The van der Waals surface area contributed by atoms with Crippen LogP contribution in [0.5, 0.6) is 0 Å². The van der Waals surface area contributed by atoms with E-state index < -0.39 is 0 Å². The zero-order valence-corrected chi connectivity index (χ0v) is 6.84. The maximum atomic E-state index is 9.59. The van der Waals surface area contributed by atoms with Gasteiger partial charge in [-0.3, -0.25) is 4.79 Å². The minimum atomic E-state index is -0.245. The van der Waals surface area contributed by atoms with Crippen molar-refractivity contribution in [3.63, 3.8) is 0 Å². The van der Waals surface area contributed by atoms with E-state index >= 15 is 0 Å². The largest absolute Gasteiger partial charge is 0.469 e. The summed E-state index contributed by atoms with van der Waals surface area (Å²) in [6.07, 6.45) is 0. The molecule has 0 unspecified atom stereocenters. The predicted octanol–water partition coefficient (Wildman–Crippen LogP) is 0.416. The monoisotopic (exact) mass is 150 g/mol. The smallest absolute Gasteiger partial charge is 0.302 e. The summed E-state index contributed by atoms with van der Waals surface area (Å²) in [7, 11) is 4.52. The number of rotatable bonds is 2. The van der Waals surface area contributed by atoms with E-state index in [0.29, 0.717) is 6.79 Å². The normalized spacial score (nSPS) is 7.60. The number of esters is 1. The summed E-state index contributed by atoms with van der Waals surface area (Å²) in [5.41, 5.74) is 0. The Labute approximate surface area is 61.1 Å². The van der Waals surface area contributed by atoms with Gasteiger partial charge >= 0.3 is 5.97 Å². The molecule has 0 radical (unpaired) electrons. The van der Waals surface area contributed by atoms with Crippen molar-refractivity contribution in [3.05, 3.63) is 0 Å². The molecule has 0 saturated carbocycles. The number of hydrogen-bond donors (Lipinski definition) is 0. The van der Waals surface area contributed by atoms with Gasteiger partial charge in [0, 0.05) is 21.1 Å². The molecule has 0 aromatic heterocycles. The van der Waals surface area contributed by atoms with E-state index in [9.17, 15) is 4.79 Å². The zero-order chi connectivity index (χ0) is 8.41. The van der Waals surface area contributed by atoms with E-state index in [1.165, 1.54) is 14.0 Å². The summed E-state index contributed by atoms with van der Waals surface area (Å²) in [5, 5.41) is 0. The number of methoxy groups -OCH3 is 3. The maximum Gasteiger partial charge on any atom is 0.302 e. The van der Waals surface area contributed by atoms with E-state index in [-0.39, 0.29) is 5.97 Å². The van der Waals surface area contributed by atoms with Crippen LogP contribution < -0.4 is 0 Å². The van der Waals surface area contributed by atoms with E-state index in [1.54, 1.807) is 14.2 Å². The van der Waals surface area contributed by atoms with Crippen molar-refractivity contribution in [2.75, 3.05) is 28.1 Å². The second-order valence-corrected chi connectivity index (χ2v) is 1.39. The number of carbonyl (C=O) groups is 1. The summed E-state index contributed by atoms with van der Waals surface area (Å²) >= 11 is 0. The topological polar surface area (TPSA) is 44.8 Å². The molecule has 0 bridgehead atoms. The van der Waals surface area contributed by atoms with Gasteiger partial charge in [-0.25, -0.2) is 0 Å². The van der Waals surface area contributed by atoms with Gasteiger partial charge in [0.05, 0.1) is 7.11 Å². The molecule has 62 valence electrons. The van der Waals surface area contributed by atoms with Gasteiger partial charge in [-0.2, -0.15) is 0 Å². The van der Waals surface area contributed by atoms with Crippen LogP contribution in [0.3, 0.4) is 0 Å². The third-order valence-corrected chi connectivity index (χ3v) is 0.523. The van der Waals surface area contributed by atoms with Crippen LogP contribution in [0, 0.1) is 0 Å². The molecule has 0 spiro atoms. The molecule has 4 nitrogen and oxygen atoms in total. The summed E-state index contributed by atoms with van der Waals surface area (Å²) < 4.78 is 13.0. The average molecular weight is 150 g/mol. The Balaban J connectivity index is 0. The summed E-state index contributed by atoms with van der Waals surface area (Å²) in [5.74, 6) is -0.245. The van der Waals surface area contributed by atoms with Crippen LogP contribution in [0.4, 0.5) is 0 Å². The van der Waals surface area contributed by atoms with Crippen LogP contribution in [0.2, 0.25) is 0 Å². The maximum absolute atomic E-state index is 9.59. The molecule has 0 amide bonds. The lowest BCUT2D eigenvalue weighted by Crippen LogP contribution is -1.88. The van der Waals surface area contributed by atoms with Gasteiger partial charge in [0.2, 0.25) is 0 Å². The van der Waals surface area contributed by atoms with E-state index in [1.807, 2.05) is 0 Å². The molecule has 0 saturated heterocycles.